The van der Waals surface area contributed by atoms with Crippen molar-refractivity contribution in [2.24, 2.45) is 0 Å². The molecule has 2 rings (SSSR count). The summed E-state index contributed by atoms with van der Waals surface area (Å²) in [6.45, 7) is 3.86. The summed E-state index contributed by atoms with van der Waals surface area (Å²) in [4.78, 5) is 18.0. The van der Waals surface area contributed by atoms with Crippen LogP contribution in [0.5, 0.6) is 0 Å². The van der Waals surface area contributed by atoms with Crippen LogP contribution >= 0.6 is 11.3 Å². The van der Waals surface area contributed by atoms with Crippen LogP contribution in [0.25, 0.3) is 4.96 Å². The molecule has 92 valence electrons. The SMILES string of the molecule is CCC(CO)NC(=O)c1cn2cc(C)sc2n1. The summed E-state index contributed by atoms with van der Waals surface area (Å²) in [5, 5.41) is 11.8. The zero-order valence-electron chi connectivity index (χ0n) is 9.80. The molecule has 0 fully saturated rings. The highest BCUT2D eigenvalue weighted by molar-refractivity contribution is 7.17. The van der Waals surface area contributed by atoms with Crippen LogP contribution in [-0.2, 0) is 0 Å². The first-order chi connectivity index (χ1) is 8.13. The zero-order chi connectivity index (χ0) is 12.4. The molecule has 2 aromatic rings. The van der Waals surface area contributed by atoms with E-state index >= 15 is 0 Å². The van der Waals surface area contributed by atoms with Crippen LogP contribution in [0, 0.1) is 6.92 Å². The second kappa shape index (κ2) is 4.85. The molecule has 17 heavy (non-hydrogen) atoms. The molecule has 0 aliphatic heterocycles. The molecule has 6 heteroatoms. The quantitative estimate of drug-likeness (QED) is 0.860. The van der Waals surface area contributed by atoms with Crippen LogP contribution in [0.15, 0.2) is 12.4 Å². The van der Waals surface area contributed by atoms with E-state index in [9.17, 15) is 4.79 Å². The van der Waals surface area contributed by atoms with Gasteiger partial charge in [0.25, 0.3) is 5.91 Å². The molecule has 0 spiro atoms. The van der Waals surface area contributed by atoms with E-state index in [-0.39, 0.29) is 18.6 Å². The van der Waals surface area contributed by atoms with Gasteiger partial charge in [0, 0.05) is 17.3 Å². The van der Waals surface area contributed by atoms with Gasteiger partial charge in [-0.3, -0.25) is 9.20 Å². The Morgan fingerprint density at radius 3 is 3.00 bits per heavy atom. The molecule has 1 unspecified atom stereocenters. The van der Waals surface area contributed by atoms with Crippen molar-refractivity contribution in [2.75, 3.05) is 6.61 Å². The summed E-state index contributed by atoms with van der Waals surface area (Å²) in [5.74, 6) is -0.237. The summed E-state index contributed by atoms with van der Waals surface area (Å²) in [5.41, 5.74) is 0.392. The average Bonchev–Trinajstić information content (AvgIpc) is 2.82. The van der Waals surface area contributed by atoms with Crippen molar-refractivity contribution in [3.8, 4) is 0 Å². The number of aliphatic hydroxyl groups is 1. The third-order valence-corrected chi connectivity index (χ3v) is 3.46. The van der Waals surface area contributed by atoms with Gasteiger partial charge in [0.05, 0.1) is 12.6 Å². The maximum absolute atomic E-state index is 11.8. The molecule has 1 atom stereocenters. The second-order valence-electron chi connectivity index (χ2n) is 3.92. The number of rotatable bonds is 4. The molecule has 1 amide bonds. The molecule has 2 N–H and O–H groups in total. The summed E-state index contributed by atoms with van der Waals surface area (Å²) in [7, 11) is 0. The molecule has 0 aliphatic carbocycles. The van der Waals surface area contributed by atoms with Gasteiger partial charge in [-0.05, 0) is 13.3 Å². The van der Waals surface area contributed by atoms with E-state index in [1.807, 2.05) is 24.4 Å². The third-order valence-electron chi connectivity index (χ3n) is 2.55. The van der Waals surface area contributed by atoms with Crippen molar-refractivity contribution in [3.63, 3.8) is 0 Å². The Balaban J connectivity index is 2.16. The lowest BCUT2D eigenvalue weighted by Gasteiger charge is -2.12. The Kier molecular flexibility index (Phi) is 3.44. The van der Waals surface area contributed by atoms with Crippen LogP contribution in [0.3, 0.4) is 0 Å². The molecule has 0 radical (unpaired) electrons. The standard InChI is InChI=1S/C11H15N3O2S/c1-3-8(6-15)12-10(16)9-5-14-4-7(2)17-11(14)13-9/h4-5,8,15H,3,6H2,1-2H3,(H,12,16). The van der Waals surface area contributed by atoms with Crippen LogP contribution < -0.4 is 5.32 Å². The molecular weight excluding hydrogens is 238 g/mol. The van der Waals surface area contributed by atoms with Crippen LogP contribution in [0.1, 0.15) is 28.7 Å². The fourth-order valence-electron chi connectivity index (χ4n) is 1.56. The number of amides is 1. The van der Waals surface area contributed by atoms with E-state index in [0.29, 0.717) is 12.1 Å². The minimum Gasteiger partial charge on any atom is -0.394 e. The predicted octanol–water partition coefficient (Wildman–Crippen LogP) is 1.20. The maximum Gasteiger partial charge on any atom is 0.271 e. The molecular formula is C11H15N3O2S. The molecule has 0 saturated carbocycles. The number of carbonyl (C=O) groups excluding carboxylic acids is 1. The van der Waals surface area contributed by atoms with Crippen molar-refractivity contribution in [1.29, 1.82) is 0 Å². The summed E-state index contributed by atoms with van der Waals surface area (Å²) >= 11 is 1.54. The van der Waals surface area contributed by atoms with Gasteiger partial charge in [-0.15, -0.1) is 11.3 Å². The van der Waals surface area contributed by atoms with Crippen LogP contribution in [-0.4, -0.2) is 33.0 Å². The first-order valence-corrected chi connectivity index (χ1v) is 6.32. The minimum atomic E-state index is -0.237. The molecule has 0 bridgehead atoms. The lowest BCUT2D eigenvalue weighted by atomic mass is 10.2. The number of fused-ring (bicyclic) bond motifs is 1. The van der Waals surface area contributed by atoms with Gasteiger partial charge >= 0.3 is 0 Å². The van der Waals surface area contributed by atoms with E-state index in [4.69, 9.17) is 5.11 Å². The summed E-state index contributed by atoms with van der Waals surface area (Å²) in [6, 6.07) is -0.205. The Morgan fingerprint density at radius 1 is 1.65 bits per heavy atom. The molecule has 5 nitrogen and oxygen atoms in total. The first kappa shape index (κ1) is 12.1. The number of aromatic nitrogens is 2. The average molecular weight is 253 g/mol. The van der Waals surface area contributed by atoms with Gasteiger partial charge in [-0.1, -0.05) is 6.92 Å². The maximum atomic E-state index is 11.8. The monoisotopic (exact) mass is 253 g/mol. The first-order valence-electron chi connectivity index (χ1n) is 5.51. The lowest BCUT2D eigenvalue weighted by molar-refractivity contribution is 0.0910. The molecule has 2 aromatic heterocycles. The van der Waals surface area contributed by atoms with E-state index in [1.165, 1.54) is 0 Å². The van der Waals surface area contributed by atoms with E-state index in [0.717, 1.165) is 9.84 Å². The summed E-state index contributed by atoms with van der Waals surface area (Å²) in [6.07, 6.45) is 4.34. The highest BCUT2D eigenvalue weighted by atomic mass is 32.1. The lowest BCUT2D eigenvalue weighted by Crippen LogP contribution is -2.37. The van der Waals surface area contributed by atoms with Crippen molar-refractivity contribution in [3.05, 3.63) is 23.0 Å². The van der Waals surface area contributed by atoms with Gasteiger partial charge in [0.1, 0.15) is 5.69 Å². The number of imidazole rings is 1. The number of carbonyl (C=O) groups is 1. The normalized spacial score (nSPS) is 12.9. The Bertz CT molecular complexity index is 496. The molecule has 0 aromatic carbocycles. The van der Waals surface area contributed by atoms with Gasteiger partial charge in [-0.2, -0.15) is 0 Å². The number of nitrogens with one attached hydrogen (secondary N) is 1. The Labute approximate surface area is 103 Å². The highest BCUT2D eigenvalue weighted by Gasteiger charge is 2.15. The molecule has 0 aliphatic rings. The second-order valence-corrected chi connectivity index (χ2v) is 5.13. The Hall–Kier alpha value is -1.40. The topological polar surface area (TPSA) is 66.6 Å². The molecule has 2 heterocycles. The van der Waals surface area contributed by atoms with Gasteiger partial charge in [0.2, 0.25) is 0 Å². The fraction of sp³-hybridized carbons (Fsp3) is 0.455. The largest absolute Gasteiger partial charge is 0.394 e. The zero-order valence-corrected chi connectivity index (χ0v) is 10.6. The van der Waals surface area contributed by atoms with Gasteiger partial charge in [-0.25, -0.2) is 4.98 Å². The van der Waals surface area contributed by atoms with Gasteiger partial charge < -0.3 is 10.4 Å². The van der Waals surface area contributed by atoms with Crippen LogP contribution in [0.2, 0.25) is 0 Å². The molecule has 0 saturated heterocycles. The third kappa shape index (κ3) is 2.48. The highest BCUT2D eigenvalue weighted by Crippen LogP contribution is 2.16. The van der Waals surface area contributed by atoms with E-state index < -0.39 is 0 Å². The minimum absolute atomic E-state index is 0.0520. The summed E-state index contributed by atoms with van der Waals surface area (Å²) < 4.78 is 1.84. The van der Waals surface area contributed by atoms with Crippen molar-refractivity contribution in [1.82, 2.24) is 14.7 Å². The van der Waals surface area contributed by atoms with Crippen LogP contribution in [0.4, 0.5) is 0 Å². The number of hydrogen-bond acceptors (Lipinski definition) is 4. The number of aliphatic hydroxyl groups excluding tert-OH is 1. The number of hydrogen-bond donors (Lipinski definition) is 2. The smallest absolute Gasteiger partial charge is 0.271 e. The number of thiazole rings is 1. The number of nitrogens with zero attached hydrogens (tertiary/aromatic N) is 2. The Morgan fingerprint density at radius 2 is 2.41 bits per heavy atom. The van der Waals surface area contributed by atoms with Crippen molar-refractivity contribution in [2.45, 2.75) is 26.3 Å². The fourth-order valence-corrected chi connectivity index (χ4v) is 2.37. The number of aryl methyl sites for hydroxylation is 1. The van der Waals surface area contributed by atoms with Crippen molar-refractivity contribution >= 4 is 22.2 Å². The van der Waals surface area contributed by atoms with E-state index in [1.54, 1.807) is 17.5 Å². The predicted molar refractivity (Wildman–Crippen MR) is 66.4 cm³/mol. The van der Waals surface area contributed by atoms with Gasteiger partial charge in [0.15, 0.2) is 4.96 Å². The van der Waals surface area contributed by atoms with Crippen molar-refractivity contribution < 1.29 is 9.90 Å². The van der Waals surface area contributed by atoms with E-state index in [2.05, 4.69) is 10.3 Å².